The van der Waals surface area contributed by atoms with Gasteiger partial charge < -0.3 is 15.8 Å². The van der Waals surface area contributed by atoms with E-state index in [4.69, 9.17) is 10.9 Å². The topological polar surface area (TPSA) is 74.7 Å². The van der Waals surface area contributed by atoms with Gasteiger partial charge in [-0.1, -0.05) is 36.7 Å². The van der Waals surface area contributed by atoms with E-state index in [0.29, 0.717) is 5.56 Å². The van der Waals surface area contributed by atoms with Gasteiger partial charge in [0.25, 0.3) is 0 Å². The Morgan fingerprint density at radius 1 is 1.33 bits per heavy atom. The summed E-state index contributed by atoms with van der Waals surface area (Å²) in [6, 6.07) is 7.95. The van der Waals surface area contributed by atoms with Gasteiger partial charge in [-0.15, -0.1) is 0 Å². The van der Waals surface area contributed by atoms with Crippen molar-refractivity contribution in [3.8, 4) is 0 Å². The van der Waals surface area contributed by atoms with Crippen molar-refractivity contribution in [2.75, 3.05) is 18.0 Å². The van der Waals surface area contributed by atoms with Gasteiger partial charge in [0, 0.05) is 24.7 Å². The zero-order chi connectivity index (χ0) is 15.2. The Hall–Kier alpha value is -2.30. The van der Waals surface area contributed by atoms with Gasteiger partial charge in [0.1, 0.15) is 0 Å². The third kappa shape index (κ3) is 3.07. The smallest absolute Gasteiger partial charge is 0.173 e. The van der Waals surface area contributed by atoms with E-state index in [0.717, 1.165) is 42.5 Å². The van der Waals surface area contributed by atoms with E-state index < -0.39 is 0 Å². The first-order valence-corrected chi connectivity index (χ1v) is 7.33. The fourth-order valence-electron chi connectivity index (χ4n) is 2.49. The minimum absolute atomic E-state index is 0.0956. The van der Waals surface area contributed by atoms with Crippen LogP contribution >= 0.6 is 0 Å². The molecule has 0 aliphatic carbocycles. The van der Waals surface area contributed by atoms with E-state index in [1.54, 1.807) is 6.20 Å². The molecule has 0 unspecified atom stereocenters. The Kier molecular flexibility index (Phi) is 4.98. The summed E-state index contributed by atoms with van der Waals surface area (Å²) in [5.41, 5.74) is 8.42. The van der Waals surface area contributed by atoms with Crippen LogP contribution in [-0.4, -0.2) is 29.1 Å². The Balaban J connectivity index is 2.65. The molecule has 0 aliphatic heterocycles. The van der Waals surface area contributed by atoms with E-state index in [9.17, 15) is 0 Å². The van der Waals surface area contributed by atoms with Crippen LogP contribution in [0.5, 0.6) is 0 Å². The molecule has 21 heavy (non-hydrogen) atoms. The number of nitrogens with two attached hydrogens (primary N) is 1. The summed E-state index contributed by atoms with van der Waals surface area (Å²) in [7, 11) is 0. The van der Waals surface area contributed by atoms with Crippen molar-refractivity contribution < 1.29 is 5.21 Å². The molecular weight excluding hydrogens is 264 g/mol. The number of hydrogen-bond acceptors (Lipinski definition) is 4. The number of para-hydroxylation sites is 1. The number of nitrogens with zero attached hydrogens (tertiary/aromatic N) is 3. The van der Waals surface area contributed by atoms with E-state index in [2.05, 4.69) is 28.9 Å². The number of fused-ring (bicyclic) bond motifs is 1. The molecule has 1 aromatic heterocycles. The Morgan fingerprint density at radius 2 is 2.10 bits per heavy atom. The molecule has 1 aromatic carbocycles. The summed E-state index contributed by atoms with van der Waals surface area (Å²) in [6.07, 6.45) is 3.90. The summed E-state index contributed by atoms with van der Waals surface area (Å²) in [5.74, 6) is 0.0956. The quantitative estimate of drug-likeness (QED) is 0.370. The van der Waals surface area contributed by atoms with Crippen molar-refractivity contribution in [3.05, 3.63) is 36.0 Å². The van der Waals surface area contributed by atoms with Crippen LogP contribution in [0.3, 0.4) is 0 Å². The fourth-order valence-corrected chi connectivity index (χ4v) is 2.49. The van der Waals surface area contributed by atoms with Gasteiger partial charge in [-0.05, 0) is 19.4 Å². The molecule has 5 heteroatoms. The second-order valence-electron chi connectivity index (χ2n) is 4.96. The first kappa shape index (κ1) is 15.1. The number of amidine groups is 1. The van der Waals surface area contributed by atoms with Crippen LogP contribution in [0.25, 0.3) is 10.9 Å². The molecule has 0 saturated carbocycles. The Labute approximate surface area is 125 Å². The molecule has 0 radical (unpaired) electrons. The zero-order valence-corrected chi connectivity index (χ0v) is 12.6. The van der Waals surface area contributed by atoms with Crippen LogP contribution < -0.4 is 10.6 Å². The van der Waals surface area contributed by atoms with Gasteiger partial charge in [0.15, 0.2) is 5.84 Å². The first-order valence-electron chi connectivity index (χ1n) is 7.33. The number of benzene rings is 1. The van der Waals surface area contributed by atoms with E-state index in [-0.39, 0.29) is 5.84 Å². The highest BCUT2D eigenvalue weighted by atomic mass is 16.4. The molecule has 0 amide bonds. The van der Waals surface area contributed by atoms with Gasteiger partial charge in [-0.3, -0.25) is 4.98 Å². The highest BCUT2D eigenvalue weighted by Crippen LogP contribution is 2.29. The maximum atomic E-state index is 9.03. The number of unbranched alkanes of at least 4 members (excludes halogenated alkanes) is 1. The van der Waals surface area contributed by atoms with Crippen LogP contribution in [0, 0.1) is 0 Å². The fraction of sp³-hybridized carbons (Fsp3) is 0.375. The van der Waals surface area contributed by atoms with Crippen LogP contribution in [0.1, 0.15) is 32.3 Å². The van der Waals surface area contributed by atoms with Gasteiger partial charge in [-0.25, -0.2) is 0 Å². The summed E-state index contributed by atoms with van der Waals surface area (Å²) in [5, 5.41) is 13.2. The lowest BCUT2D eigenvalue weighted by Gasteiger charge is -2.26. The molecule has 2 aromatic rings. The molecule has 0 bridgehead atoms. The lowest BCUT2D eigenvalue weighted by molar-refractivity contribution is 0.318. The molecule has 112 valence electrons. The van der Waals surface area contributed by atoms with Crippen molar-refractivity contribution in [1.29, 1.82) is 0 Å². The Bertz CT molecular complexity index is 639. The second kappa shape index (κ2) is 6.92. The first-order chi connectivity index (χ1) is 10.2. The minimum Gasteiger partial charge on any atom is -0.409 e. The second-order valence-corrected chi connectivity index (χ2v) is 4.96. The van der Waals surface area contributed by atoms with Crippen LogP contribution in [0.4, 0.5) is 5.69 Å². The van der Waals surface area contributed by atoms with Gasteiger partial charge in [0.05, 0.1) is 16.8 Å². The highest BCUT2D eigenvalue weighted by Gasteiger charge is 2.17. The largest absolute Gasteiger partial charge is 0.409 e. The predicted molar refractivity (Wildman–Crippen MR) is 87.0 cm³/mol. The highest BCUT2D eigenvalue weighted by molar-refractivity contribution is 6.08. The number of anilines is 1. The molecule has 0 aliphatic rings. The zero-order valence-electron chi connectivity index (χ0n) is 12.6. The molecule has 0 atom stereocenters. The van der Waals surface area contributed by atoms with Crippen molar-refractivity contribution in [2.45, 2.75) is 26.7 Å². The lowest BCUT2D eigenvalue weighted by Crippen LogP contribution is -2.28. The van der Waals surface area contributed by atoms with Crippen LogP contribution in [0.2, 0.25) is 0 Å². The van der Waals surface area contributed by atoms with Crippen LogP contribution in [-0.2, 0) is 0 Å². The minimum atomic E-state index is 0.0956. The molecule has 0 spiro atoms. The third-order valence-corrected chi connectivity index (χ3v) is 3.61. The number of rotatable bonds is 6. The van der Waals surface area contributed by atoms with Gasteiger partial charge in [-0.2, -0.15) is 0 Å². The number of oxime groups is 1. The maximum absolute atomic E-state index is 9.03. The molecule has 2 rings (SSSR count). The van der Waals surface area contributed by atoms with E-state index in [1.165, 1.54) is 0 Å². The number of aromatic nitrogens is 1. The maximum Gasteiger partial charge on any atom is 0.173 e. The van der Waals surface area contributed by atoms with E-state index >= 15 is 0 Å². The van der Waals surface area contributed by atoms with Crippen molar-refractivity contribution in [2.24, 2.45) is 10.9 Å². The SMILES string of the molecule is CCCCN(CC)c1c(/C(N)=N/O)cnc2ccccc12. The van der Waals surface area contributed by atoms with E-state index in [1.807, 2.05) is 24.3 Å². The monoisotopic (exact) mass is 286 g/mol. The average molecular weight is 286 g/mol. The number of hydrogen-bond donors (Lipinski definition) is 2. The van der Waals surface area contributed by atoms with Gasteiger partial charge >= 0.3 is 0 Å². The van der Waals surface area contributed by atoms with Crippen molar-refractivity contribution in [1.82, 2.24) is 4.98 Å². The summed E-state index contributed by atoms with van der Waals surface area (Å²) >= 11 is 0. The predicted octanol–water partition coefficient (Wildman–Crippen LogP) is 2.96. The molecule has 0 saturated heterocycles. The van der Waals surface area contributed by atoms with Crippen molar-refractivity contribution in [3.63, 3.8) is 0 Å². The summed E-state index contributed by atoms with van der Waals surface area (Å²) in [4.78, 5) is 6.67. The molecular formula is C16H22N4O. The van der Waals surface area contributed by atoms with Crippen molar-refractivity contribution >= 4 is 22.4 Å². The summed E-state index contributed by atoms with van der Waals surface area (Å²) < 4.78 is 0. The third-order valence-electron chi connectivity index (χ3n) is 3.61. The Morgan fingerprint density at radius 3 is 2.76 bits per heavy atom. The molecule has 1 heterocycles. The average Bonchev–Trinajstić information content (AvgIpc) is 2.54. The lowest BCUT2D eigenvalue weighted by atomic mass is 10.1. The van der Waals surface area contributed by atoms with Gasteiger partial charge in [0.2, 0.25) is 0 Å². The molecule has 5 nitrogen and oxygen atoms in total. The molecule has 0 fully saturated rings. The standard InChI is InChI=1S/C16H22N4O/c1-3-5-10-20(4-2)15-12-8-6-7-9-14(12)18-11-13(15)16(17)19-21/h6-9,11,21H,3-5,10H2,1-2H3,(H2,17,19). The number of pyridine rings is 1. The molecule has 3 N–H and O–H groups in total. The summed E-state index contributed by atoms with van der Waals surface area (Å²) in [6.45, 7) is 6.08. The van der Waals surface area contributed by atoms with Crippen LogP contribution in [0.15, 0.2) is 35.6 Å². The normalized spacial score (nSPS) is 11.8.